The average Bonchev–Trinajstić information content (AvgIpc) is 2.37. The van der Waals surface area contributed by atoms with Gasteiger partial charge in [0.15, 0.2) is 0 Å². The molecule has 0 radical (unpaired) electrons. The van der Waals surface area contributed by atoms with E-state index in [0.717, 1.165) is 5.56 Å². The molecule has 1 aliphatic heterocycles. The fourth-order valence-electron chi connectivity index (χ4n) is 2.61. The van der Waals surface area contributed by atoms with Crippen LogP contribution in [0.4, 0.5) is 0 Å². The normalized spacial score (nSPS) is 22.2. The van der Waals surface area contributed by atoms with Gasteiger partial charge in [-0.1, -0.05) is 6.07 Å². The predicted octanol–water partition coefficient (Wildman–Crippen LogP) is 1.72. The van der Waals surface area contributed by atoms with Crippen LogP contribution in [0.3, 0.4) is 0 Å². The molecule has 1 heterocycles. The lowest BCUT2D eigenvalue weighted by Crippen LogP contribution is -2.45. The first-order chi connectivity index (χ1) is 9.73. The van der Waals surface area contributed by atoms with Crippen LogP contribution in [-0.2, 0) is 21.4 Å². The molecule has 0 aromatic heterocycles. The van der Waals surface area contributed by atoms with Gasteiger partial charge < -0.3 is 9.84 Å². The molecule has 0 amide bonds. The van der Waals surface area contributed by atoms with Crippen LogP contribution < -0.4 is 4.72 Å². The van der Waals surface area contributed by atoms with Gasteiger partial charge in [-0.3, -0.25) is 0 Å². The maximum absolute atomic E-state index is 12.5. The molecule has 2 N–H and O–H groups in total. The van der Waals surface area contributed by atoms with Crippen LogP contribution in [0, 0.1) is 6.92 Å². The molecule has 0 saturated carbocycles. The zero-order valence-corrected chi connectivity index (χ0v) is 13.5. The highest BCUT2D eigenvalue weighted by atomic mass is 32.2. The minimum Gasteiger partial charge on any atom is -0.392 e. The van der Waals surface area contributed by atoms with Gasteiger partial charge in [0.1, 0.15) is 0 Å². The zero-order chi connectivity index (χ0) is 15.7. The highest BCUT2D eigenvalue weighted by Gasteiger charge is 2.31. The summed E-state index contributed by atoms with van der Waals surface area (Å²) in [5, 5.41) is 9.27. The number of hydrogen-bond donors (Lipinski definition) is 2. The average molecular weight is 313 g/mol. The second-order valence-electron chi connectivity index (χ2n) is 6.17. The molecule has 1 atom stereocenters. The lowest BCUT2D eigenvalue weighted by Gasteiger charge is -2.35. The van der Waals surface area contributed by atoms with Gasteiger partial charge in [0.05, 0.1) is 17.1 Å². The quantitative estimate of drug-likeness (QED) is 0.887. The minimum absolute atomic E-state index is 0.127. The van der Waals surface area contributed by atoms with Gasteiger partial charge in [-0.05, 0) is 56.9 Å². The van der Waals surface area contributed by atoms with Crippen molar-refractivity contribution in [1.82, 2.24) is 4.72 Å². The van der Waals surface area contributed by atoms with Gasteiger partial charge in [-0.2, -0.15) is 0 Å². The van der Waals surface area contributed by atoms with Gasteiger partial charge in [0.2, 0.25) is 10.0 Å². The molecule has 1 aromatic carbocycles. The Hall–Kier alpha value is -0.950. The fourth-order valence-corrected chi connectivity index (χ4v) is 3.93. The first-order valence-corrected chi connectivity index (χ1v) is 8.58. The summed E-state index contributed by atoms with van der Waals surface area (Å²) < 4.78 is 33.3. The Balaban J connectivity index is 2.18. The third-order valence-electron chi connectivity index (χ3n) is 3.82. The van der Waals surface area contributed by atoms with Crippen molar-refractivity contribution in [2.24, 2.45) is 0 Å². The third-order valence-corrected chi connectivity index (χ3v) is 5.34. The number of ether oxygens (including phenoxy) is 1. The van der Waals surface area contributed by atoms with E-state index in [1.54, 1.807) is 12.1 Å². The molecular weight excluding hydrogens is 290 g/mol. The Bertz CT molecular complexity index is 610. The van der Waals surface area contributed by atoms with Crippen molar-refractivity contribution < 1.29 is 18.3 Å². The molecule has 1 aliphatic rings. The molecule has 0 spiro atoms. The molecule has 21 heavy (non-hydrogen) atoms. The van der Waals surface area contributed by atoms with Gasteiger partial charge >= 0.3 is 0 Å². The number of hydrogen-bond acceptors (Lipinski definition) is 4. The lowest BCUT2D eigenvalue weighted by atomic mass is 9.95. The third kappa shape index (κ3) is 4.03. The molecule has 0 bridgehead atoms. The van der Waals surface area contributed by atoms with E-state index >= 15 is 0 Å². The molecule has 1 aromatic rings. The molecule has 1 unspecified atom stereocenters. The van der Waals surface area contributed by atoms with Crippen LogP contribution >= 0.6 is 0 Å². The van der Waals surface area contributed by atoms with E-state index in [2.05, 4.69) is 4.72 Å². The maximum atomic E-state index is 12.5. The summed E-state index contributed by atoms with van der Waals surface area (Å²) in [5.74, 6) is 0. The largest absolute Gasteiger partial charge is 0.392 e. The van der Waals surface area contributed by atoms with Crippen molar-refractivity contribution in [2.45, 2.75) is 56.8 Å². The fraction of sp³-hybridized carbons (Fsp3) is 0.600. The summed E-state index contributed by atoms with van der Waals surface area (Å²) in [6, 6.07) is 4.69. The molecule has 2 rings (SSSR count). The standard InChI is InChI=1S/C15H23NO4S/c1-11-4-5-14(8-12(11)10-17)21(18,19)16-13-6-7-20-15(2,3)9-13/h4-5,8,13,16-17H,6-7,9-10H2,1-3H3. The Labute approximate surface area is 126 Å². The molecule has 0 aliphatic carbocycles. The number of aliphatic hydroxyl groups is 1. The molecule has 5 nitrogen and oxygen atoms in total. The van der Waals surface area contributed by atoms with E-state index in [1.807, 2.05) is 20.8 Å². The van der Waals surface area contributed by atoms with Crippen molar-refractivity contribution in [3.8, 4) is 0 Å². The highest BCUT2D eigenvalue weighted by Crippen LogP contribution is 2.25. The van der Waals surface area contributed by atoms with Crippen molar-refractivity contribution in [3.63, 3.8) is 0 Å². The molecule has 6 heteroatoms. The Morgan fingerprint density at radius 1 is 1.43 bits per heavy atom. The number of aliphatic hydroxyl groups excluding tert-OH is 1. The van der Waals surface area contributed by atoms with Crippen molar-refractivity contribution >= 4 is 10.0 Å². The van der Waals surface area contributed by atoms with Gasteiger partial charge in [-0.15, -0.1) is 0 Å². The maximum Gasteiger partial charge on any atom is 0.240 e. The zero-order valence-electron chi connectivity index (χ0n) is 12.7. The Morgan fingerprint density at radius 3 is 2.76 bits per heavy atom. The Morgan fingerprint density at radius 2 is 2.14 bits per heavy atom. The minimum atomic E-state index is -3.58. The number of aryl methyl sites for hydroxylation is 1. The number of nitrogens with one attached hydrogen (secondary N) is 1. The molecule has 1 saturated heterocycles. The number of sulfonamides is 1. The van der Waals surface area contributed by atoms with Crippen molar-refractivity contribution in [3.05, 3.63) is 29.3 Å². The first kappa shape index (κ1) is 16.4. The smallest absolute Gasteiger partial charge is 0.240 e. The van der Waals surface area contributed by atoms with Gasteiger partial charge in [0, 0.05) is 12.6 Å². The summed E-state index contributed by atoms with van der Waals surface area (Å²) in [6.45, 7) is 6.15. The second kappa shape index (κ2) is 6.04. The first-order valence-electron chi connectivity index (χ1n) is 7.10. The highest BCUT2D eigenvalue weighted by molar-refractivity contribution is 7.89. The van der Waals surface area contributed by atoms with E-state index in [1.165, 1.54) is 6.07 Å². The van der Waals surface area contributed by atoms with Crippen LogP contribution in [0.15, 0.2) is 23.1 Å². The van der Waals surface area contributed by atoms with E-state index < -0.39 is 10.0 Å². The molecule has 118 valence electrons. The SMILES string of the molecule is Cc1ccc(S(=O)(=O)NC2CCOC(C)(C)C2)cc1CO. The van der Waals surface area contributed by atoms with Crippen molar-refractivity contribution in [2.75, 3.05) is 6.61 Å². The summed E-state index contributed by atoms with van der Waals surface area (Å²) >= 11 is 0. The van der Waals surface area contributed by atoms with Crippen LogP contribution in [0.25, 0.3) is 0 Å². The summed E-state index contributed by atoms with van der Waals surface area (Å²) in [7, 11) is -3.58. The molecular formula is C15H23NO4S. The van der Waals surface area contributed by atoms with E-state index in [9.17, 15) is 13.5 Å². The predicted molar refractivity (Wildman–Crippen MR) is 80.5 cm³/mol. The topological polar surface area (TPSA) is 75.6 Å². The van der Waals surface area contributed by atoms with E-state index in [0.29, 0.717) is 25.0 Å². The lowest BCUT2D eigenvalue weighted by molar-refractivity contribution is -0.0599. The van der Waals surface area contributed by atoms with Crippen LogP contribution in [0.1, 0.15) is 37.8 Å². The van der Waals surface area contributed by atoms with Gasteiger partial charge in [0.25, 0.3) is 0 Å². The molecule has 1 fully saturated rings. The number of rotatable bonds is 4. The van der Waals surface area contributed by atoms with E-state index in [4.69, 9.17) is 4.74 Å². The van der Waals surface area contributed by atoms with E-state index in [-0.39, 0.29) is 23.1 Å². The summed E-state index contributed by atoms with van der Waals surface area (Å²) in [6.07, 6.45) is 1.31. The number of benzene rings is 1. The Kier molecular flexibility index (Phi) is 4.72. The summed E-state index contributed by atoms with van der Waals surface area (Å²) in [5.41, 5.74) is 1.20. The van der Waals surface area contributed by atoms with Crippen molar-refractivity contribution in [1.29, 1.82) is 0 Å². The second-order valence-corrected chi connectivity index (χ2v) is 7.88. The van der Waals surface area contributed by atoms with Crippen LogP contribution in [-0.4, -0.2) is 31.8 Å². The van der Waals surface area contributed by atoms with Gasteiger partial charge in [-0.25, -0.2) is 13.1 Å². The monoisotopic (exact) mass is 313 g/mol. The van der Waals surface area contributed by atoms with Crippen LogP contribution in [0.2, 0.25) is 0 Å². The van der Waals surface area contributed by atoms with Crippen LogP contribution in [0.5, 0.6) is 0 Å². The summed E-state index contributed by atoms with van der Waals surface area (Å²) in [4.78, 5) is 0.196.